The van der Waals surface area contributed by atoms with Gasteiger partial charge in [0.2, 0.25) is 5.91 Å². The minimum Gasteiger partial charge on any atom is -0.346 e. The molecule has 3 heterocycles. The van der Waals surface area contributed by atoms with E-state index in [2.05, 4.69) is 31.4 Å². The number of aromatic amines is 1. The van der Waals surface area contributed by atoms with E-state index in [1.54, 1.807) is 35.1 Å². The predicted octanol–water partition coefficient (Wildman–Crippen LogP) is 3.28. The largest absolute Gasteiger partial charge is 0.346 e. The average Bonchev–Trinajstić information content (AvgIpc) is 3.38. The number of nitrogens with zero attached hydrogens (tertiary/aromatic N) is 5. The zero-order valence-corrected chi connectivity index (χ0v) is 15.1. The standard InChI is InChI=1S/C20H17N7O/c1-2-17(20(28)26-15-5-3-13(9-21)4-6-15)27-11-14(10-25-27)18-16-7-8-22-19(16)24-12-23-18/h3-8,10-12,17H,2H2,1H3,(H,26,28)(H,22,23,24). The van der Waals surface area contributed by atoms with Crippen LogP contribution in [-0.4, -0.2) is 30.6 Å². The molecule has 1 aromatic carbocycles. The molecule has 2 N–H and O–H groups in total. The minimum absolute atomic E-state index is 0.170. The summed E-state index contributed by atoms with van der Waals surface area (Å²) >= 11 is 0. The van der Waals surface area contributed by atoms with Crippen LogP contribution in [0.2, 0.25) is 0 Å². The van der Waals surface area contributed by atoms with E-state index in [-0.39, 0.29) is 5.91 Å². The lowest BCUT2D eigenvalue weighted by Gasteiger charge is -2.15. The van der Waals surface area contributed by atoms with E-state index in [1.807, 2.05) is 25.4 Å². The Morgan fingerprint density at radius 1 is 1.29 bits per heavy atom. The SMILES string of the molecule is CCC(C(=O)Nc1ccc(C#N)cc1)n1cc(-c2ncnc3[nH]ccc23)cn1. The third-order valence-corrected chi connectivity index (χ3v) is 4.52. The second-order valence-electron chi connectivity index (χ2n) is 6.27. The lowest BCUT2D eigenvalue weighted by Crippen LogP contribution is -2.25. The number of H-pyrrole nitrogens is 1. The number of nitriles is 1. The van der Waals surface area contributed by atoms with Crippen LogP contribution in [0.1, 0.15) is 24.9 Å². The van der Waals surface area contributed by atoms with E-state index < -0.39 is 6.04 Å². The molecule has 4 rings (SSSR count). The first kappa shape index (κ1) is 17.4. The van der Waals surface area contributed by atoms with Crippen molar-refractivity contribution in [3.63, 3.8) is 0 Å². The molecule has 28 heavy (non-hydrogen) atoms. The second kappa shape index (κ2) is 7.32. The van der Waals surface area contributed by atoms with Crippen molar-refractivity contribution >= 4 is 22.6 Å². The van der Waals surface area contributed by atoms with Crippen LogP contribution in [0.3, 0.4) is 0 Å². The molecule has 1 atom stereocenters. The fraction of sp³-hybridized carbons (Fsp3) is 0.150. The summed E-state index contributed by atoms with van der Waals surface area (Å²) in [5.74, 6) is -0.170. The number of aromatic nitrogens is 5. The second-order valence-corrected chi connectivity index (χ2v) is 6.27. The van der Waals surface area contributed by atoms with E-state index in [4.69, 9.17) is 5.26 Å². The van der Waals surface area contributed by atoms with Crippen molar-refractivity contribution in [2.24, 2.45) is 0 Å². The van der Waals surface area contributed by atoms with E-state index in [0.29, 0.717) is 17.7 Å². The summed E-state index contributed by atoms with van der Waals surface area (Å²) in [5.41, 5.74) is 3.52. The number of benzene rings is 1. The van der Waals surface area contributed by atoms with Gasteiger partial charge in [0.05, 0.1) is 23.5 Å². The molecular weight excluding hydrogens is 354 g/mol. The maximum Gasteiger partial charge on any atom is 0.249 e. The highest BCUT2D eigenvalue weighted by Crippen LogP contribution is 2.25. The van der Waals surface area contributed by atoms with Crippen molar-refractivity contribution in [1.82, 2.24) is 24.7 Å². The summed E-state index contributed by atoms with van der Waals surface area (Å²) in [6.45, 7) is 1.93. The van der Waals surface area contributed by atoms with Crippen LogP contribution in [0.25, 0.3) is 22.3 Å². The number of anilines is 1. The number of hydrogen-bond donors (Lipinski definition) is 2. The van der Waals surface area contributed by atoms with Gasteiger partial charge in [-0.1, -0.05) is 6.92 Å². The molecule has 4 aromatic rings. The maximum absolute atomic E-state index is 12.7. The van der Waals surface area contributed by atoms with E-state index in [1.165, 1.54) is 6.33 Å². The maximum atomic E-state index is 12.7. The molecule has 8 nitrogen and oxygen atoms in total. The molecular formula is C20H17N7O. The smallest absolute Gasteiger partial charge is 0.249 e. The summed E-state index contributed by atoms with van der Waals surface area (Å²) < 4.78 is 1.65. The molecule has 0 saturated heterocycles. The minimum atomic E-state index is -0.465. The monoisotopic (exact) mass is 371 g/mol. The zero-order valence-electron chi connectivity index (χ0n) is 15.1. The highest BCUT2D eigenvalue weighted by molar-refractivity contribution is 5.94. The molecule has 0 spiro atoms. The zero-order chi connectivity index (χ0) is 19.5. The van der Waals surface area contributed by atoms with Gasteiger partial charge in [-0.3, -0.25) is 9.48 Å². The summed E-state index contributed by atoms with van der Waals surface area (Å²) in [7, 11) is 0. The van der Waals surface area contributed by atoms with Crippen molar-refractivity contribution in [2.75, 3.05) is 5.32 Å². The van der Waals surface area contributed by atoms with Crippen molar-refractivity contribution in [2.45, 2.75) is 19.4 Å². The average molecular weight is 371 g/mol. The summed E-state index contributed by atoms with van der Waals surface area (Å²) in [5, 5.41) is 17.0. The normalized spacial score (nSPS) is 11.9. The quantitative estimate of drug-likeness (QED) is 0.559. The number of rotatable bonds is 5. The van der Waals surface area contributed by atoms with Gasteiger partial charge in [-0.25, -0.2) is 9.97 Å². The molecule has 0 fully saturated rings. The summed E-state index contributed by atoms with van der Waals surface area (Å²) in [6, 6.07) is 10.3. The Labute approximate surface area is 160 Å². The number of fused-ring (bicyclic) bond motifs is 1. The van der Waals surface area contributed by atoms with Gasteiger partial charge in [0.25, 0.3) is 0 Å². The van der Waals surface area contributed by atoms with Crippen molar-refractivity contribution in [1.29, 1.82) is 5.26 Å². The van der Waals surface area contributed by atoms with Crippen molar-refractivity contribution in [3.8, 4) is 17.3 Å². The van der Waals surface area contributed by atoms with E-state index in [0.717, 1.165) is 22.3 Å². The Bertz CT molecular complexity index is 1170. The number of hydrogen-bond acceptors (Lipinski definition) is 5. The molecule has 1 amide bonds. The highest BCUT2D eigenvalue weighted by Gasteiger charge is 2.20. The van der Waals surface area contributed by atoms with Gasteiger partial charge in [0.15, 0.2) is 0 Å². The fourth-order valence-corrected chi connectivity index (χ4v) is 3.08. The highest BCUT2D eigenvalue weighted by atomic mass is 16.2. The Morgan fingerprint density at radius 3 is 2.86 bits per heavy atom. The summed E-state index contributed by atoms with van der Waals surface area (Å²) in [6.07, 6.45) is 7.41. The third-order valence-electron chi connectivity index (χ3n) is 4.52. The van der Waals surface area contributed by atoms with Crippen LogP contribution < -0.4 is 5.32 Å². The van der Waals surface area contributed by atoms with E-state index in [9.17, 15) is 4.79 Å². The van der Waals surface area contributed by atoms with Crippen LogP contribution in [0.4, 0.5) is 5.69 Å². The molecule has 3 aromatic heterocycles. The van der Waals surface area contributed by atoms with Gasteiger partial charge in [-0.2, -0.15) is 10.4 Å². The molecule has 0 aliphatic heterocycles. The van der Waals surface area contributed by atoms with Gasteiger partial charge in [0, 0.05) is 29.0 Å². The fourth-order valence-electron chi connectivity index (χ4n) is 3.08. The van der Waals surface area contributed by atoms with Crippen LogP contribution in [0.15, 0.2) is 55.2 Å². The lowest BCUT2D eigenvalue weighted by atomic mass is 10.1. The molecule has 1 unspecified atom stereocenters. The predicted molar refractivity (Wildman–Crippen MR) is 104 cm³/mol. The molecule has 8 heteroatoms. The topological polar surface area (TPSA) is 112 Å². The lowest BCUT2D eigenvalue weighted by molar-refractivity contribution is -0.119. The molecule has 0 aliphatic rings. The molecule has 0 aliphatic carbocycles. The Kier molecular flexibility index (Phi) is 4.56. The molecule has 0 radical (unpaired) electrons. The first-order valence-electron chi connectivity index (χ1n) is 8.83. The third kappa shape index (κ3) is 3.21. The van der Waals surface area contributed by atoms with Gasteiger partial charge in [0.1, 0.15) is 18.0 Å². The Hall–Kier alpha value is -3.99. The van der Waals surface area contributed by atoms with Crippen LogP contribution in [0, 0.1) is 11.3 Å². The van der Waals surface area contributed by atoms with Crippen LogP contribution in [0.5, 0.6) is 0 Å². The van der Waals surface area contributed by atoms with Gasteiger partial charge in [-0.15, -0.1) is 0 Å². The molecule has 138 valence electrons. The van der Waals surface area contributed by atoms with Gasteiger partial charge < -0.3 is 10.3 Å². The number of carbonyl (C=O) groups excluding carboxylic acids is 1. The number of carbonyl (C=O) groups is 1. The first-order chi connectivity index (χ1) is 13.7. The first-order valence-corrected chi connectivity index (χ1v) is 8.83. The summed E-state index contributed by atoms with van der Waals surface area (Å²) in [4.78, 5) is 24.4. The number of nitrogens with one attached hydrogen (secondary N) is 2. The van der Waals surface area contributed by atoms with Crippen molar-refractivity contribution < 1.29 is 4.79 Å². The number of amides is 1. The van der Waals surface area contributed by atoms with Crippen LogP contribution in [-0.2, 0) is 4.79 Å². The van der Waals surface area contributed by atoms with Crippen molar-refractivity contribution in [3.05, 3.63) is 60.8 Å². The molecule has 0 saturated carbocycles. The molecule has 0 bridgehead atoms. The van der Waals surface area contributed by atoms with E-state index >= 15 is 0 Å². The Balaban J connectivity index is 1.58. The van der Waals surface area contributed by atoms with Gasteiger partial charge >= 0.3 is 0 Å². The Morgan fingerprint density at radius 2 is 2.11 bits per heavy atom. The van der Waals surface area contributed by atoms with Gasteiger partial charge in [-0.05, 0) is 36.8 Å². The van der Waals surface area contributed by atoms with Crippen LogP contribution >= 0.6 is 0 Å².